The fourth-order valence-corrected chi connectivity index (χ4v) is 4.16. The lowest BCUT2D eigenvalue weighted by atomic mass is 10.1. The second kappa shape index (κ2) is 10.2. The van der Waals surface area contributed by atoms with E-state index in [2.05, 4.69) is 10.0 Å². The molecule has 3 aromatic rings. The van der Waals surface area contributed by atoms with Gasteiger partial charge in [-0.15, -0.1) is 0 Å². The van der Waals surface area contributed by atoms with E-state index in [1.807, 2.05) is 19.1 Å². The maximum absolute atomic E-state index is 12.7. The van der Waals surface area contributed by atoms with E-state index in [0.717, 1.165) is 5.56 Å². The number of nitrogens with one attached hydrogen (secondary N) is 2. The average molecular weight is 455 g/mol. The van der Waals surface area contributed by atoms with Gasteiger partial charge in [0.2, 0.25) is 0 Å². The zero-order valence-corrected chi connectivity index (χ0v) is 19.0. The standard InChI is InChI=1S/C24H26N2O5S/c1-17-10-12-21(13-11-17)32(28,29)26-23-9-5-8-22(18(23)2)24(27)25-14-15-31-20-7-4-6-19(16-20)30-3/h4-13,16,26H,14-15H2,1-3H3,(H,25,27). The number of amides is 1. The number of ether oxygens (including phenoxy) is 2. The van der Waals surface area contributed by atoms with Gasteiger partial charge in [-0.2, -0.15) is 0 Å². The second-order valence-corrected chi connectivity index (χ2v) is 8.86. The number of benzene rings is 3. The molecule has 0 unspecified atom stereocenters. The summed E-state index contributed by atoms with van der Waals surface area (Å²) in [5, 5.41) is 2.79. The number of hydrogen-bond acceptors (Lipinski definition) is 5. The Morgan fingerprint density at radius 3 is 2.34 bits per heavy atom. The van der Waals surface area contributed by atoms with Crippen LogP contribution in [0.4, 0.5) is 5.69 Å². The summed E-state index contributed by atoms with van der Waals surface area (Å²) in [5.74, 6) is 1.02. The largest absolute Gasteiger partial charge is 0.497 e. The number of methoxy groups -OCH3 is 1. The Labute approximate surface area is 188 Å². The van der Waals surface area contributed by atoms with Crippen LogP contribution in [0.3, 0.4) is 0 Å². The third-order valence-corrected chi connectivity index (χ3v) is 6.23. The molecule has 0 atom stereocenters. The first-order chi connectivity index (χ1) is 15.3. The van der Waals surface area contributed by atoms with Gasteiger partial charge < -0.3 is 14.8 Å². The molecule has 0 radical (unpaired) electrons. The highest BCUT2D eigenvalue weighted by atomic mass is 32.2. The molecule has 0 saturated heterocycles. The van der Waals surface area contributed by atoms with Crippen molar-refractivity contribution in [1.82, 2.24) is 5.32 Å². The summed E-state index contributed by atoms with van der Waals surface area (Å²) in [7, 11) is -2.18. The molecule has 3 aromatic carbocycles. The zero-order chi connectivity index (χ0) is 23.1. The van der Waals surface area contributed by atoms with Crippen LogP contribution in [0.5, 0.6) is 11.5 Å². The number of carbonyl (C=O) groups is 1. The Bertz CT molecular complexity index is 1190. The number of anilines is 1. The fraction of sp³-hybridized carbons (Fsp3) is 0.208. The van der Waals surface area contributed by atoms with Crippen molar-refractivity contribution in [3.05, 3.63) is 83.4 Å². The van der Waals surface area contributed by atoms with Gasteiger partial charge in [-0.05, 0) is 55.8 Å². The fourth-order valence-electron chi connectivity index (χ4n) is 3.03. The van der Waals surface area contributed by atoms with Crippen LogP contribution in [0.25, 0.3) is 0 Å². The van der Waals surface area contributed by atoms with Crippen LogP contribution in [0, 0.1) is 13.8 Å². The van der Waals surface area contributed by atoms with Gasteiger partial charge in [0.05, 0.1) is 24.2 Å². The normalized spacial score (nSPS) is 11.0. The molecule has 0 aliphatic heterocycles. The quantitative estimate of drug-likeness (QED) is 0.478. The summed E-state index contributed by atoms with van der Waals surface area (Å²) in [4.78, 5) is 12.8. The van der Waals surface area contributed by atoms with Crippen LogP contribution >= 0.6 is 0 Å². The SMILES string of the molecule is COc1cccc(OCCNC(=O)c2cccc(NS(=O)(=O)c3ccc(C)cc3)c2C)c1. The minimum atomic E-state index is -3.76. The van der Waals surface area contributed by atoms with Crippen molar-refractivity contribution >= 4 is 21.6 Å². The van der Waals surface area contributed by atoms with Gasteiger partial charge in [0.25, 0.3) is 15.9 Å². The molecule has 0 fully saturated rings. The zero-order valence-electron chi connectivity index (χ0n) is 18.2. The molecule has 0 aliphatic carbocycles. The van der Waals surface area contributed by atoms with Crippen molar-refractivity contribution in [2.45, 2.75) is 18.7 Å². The van der Waals surface area contributed by atoms with Crippen molar-refractivity contribution in [3.8, 4) is 11.5 Å². The summed E-state index contributed by atoms with van der Waals surface area (Å²) in [6, 6.07) is 18.7. The van der Waals surface area contributed by atoms with Crippen LogP contribution in [-0.2, 0) is 10.0 Å². The first kappa shape index (κ1) is 23.1. The first-order valence-electron chi connectivity index (χ1n) is 10.0. The predicted octanol–water partition coefficient (Wildman–Crippen LogP) is 3.92. The van der Waals surface area contributed by atoms with Crippen LogP contribution in [0.1, 0.15) is 21.5 Å². The first-order valence-corrected chi connectivity index (χ1v) is 11.5. The predicted molar refractivity (Wildman–Crippen MR) is 124 cm³/mol. The van der Waals surface area contributed by atoms with Gasteiger partial charge in [-0.1, -0.05) is 29.8 Å². The Hall–Kier alpha value is -3.52. The molecule has 0 aliphatic rings. The van der Waals surface area contributed by atoms with Crippen LogP contribution in [0.2, 0.25) is 0 Å². The summed E-state index contributed by atoms with van der Waals surface area (Å²) in [5.41, 5.74) is 2.24. The lowest BCUT2D eigenvalue weighted by molar-refractivity contribution is 0.0946. The van der Waals surface area contributed by atoms with Crippen molar-refractivity contribution < 1.29 is 22.7 Å². The second-order valence-electron chi connectivity index (χ2n) is 7.18. The van der Waals surface area contributed by atoms with E-state index in [-0.39, 0.29) is 24.0 Å². The maximum Gasteiger partial charge on any atom is 0.261 e. The van der Waals surface area contributed by atoms with Crippen molar-refractivity contribution in [2.75, 3.05) is 25.0 Å². The lowest BCUT2D eigenvalue weighted by Crippen LogP contribution is -2.29. The number of hydrogen-bond donors (Lipinski definition) is 2. The third-order valence-electron chi connectivity index (χ3n) is 4.85. The molecule has 8 heteroatoms. The van der Waals surface area contributed by atoms with Crippen molar-refractivity contribution in [3.63, 3.8) is 0 Å². The average Bonchev–Trinajstić information content (AvgIpc) is 2.78. The molecule has 168 valence electrons. The number of carbonyl (C=O) groups excluding carboxylic acids is 1. The molecule has 0 heterocycles. The van der Waals surface area contributed by atoms with E-state index < -0.39 is 10.0 Å². The van der Waals surface area contributed by atoms with Crippen LogP contribution in [0.15, 0.2) is 71.6 Å². The highest BCUT2D eigenvalue weighted by Gasteiger charge is 2.18. The Morgan fingerprint density at radius 1 is 0.938 bits per heavy atom. The van der Waals surface area contributed by atoms with Gasteiger partial charge in [-0.25, -0.2) is 8.42 Å². The Balaban J connectivity index is 1.62. The summed E-state index contributed by atoms with van der Waals surface area (Å²) < 4.78 is 38.8. The summed E-state index contributed by atoms with van der Waals surface area (Å²) in [6.45, 7) is 4.15. The smallest absolute Gasteiger partial charge is 0.261 e. The molecule has 0 bridgehead atoms. The Morgan fingerprint density at radius 2 is 1.62 bits per heavy atom. The van der Waals surface area contributed by atoms with E-state index in [0.29, 0.717) is 28.3 Å². The number of sulfonamides is 1. The molecule has 0 spiro atoms. The molecule has 7 nitrogen and oxygen atoms in total. The molecule has 0 aromatic heterocycles. The minimum absolute atomic E-state index is 0.159. The van der Waals surface area contributed by atoms with E-state index in [1.54, 1.807) is 68.6 Å². The van der Waals surface area contributed by atoms with E-state index in [4.69, 9.17) is 9.47 Å². The summed E-state index contributed by atoms with van der Waals surface area (Å²) >= 11 is 0. The number of aryl methyl sites for hydroxylation is 1. The monoisotopic (exact) mass is 454 g/mol. The van der Waals surface area contributed by atoms with E-state index in [1.165, 1.54) is 0 Å². The third kappa shape index (κ3) is 5.79. The van der Waals surface area contributed by atoms with E-state index >= 15 is 0 Å². The molecule has 0 saturated carbocycles. The topological polar surface area (TPSA) is 93.7 Å². The highest BCUT2D eigenvalue weighted by molar-refractivity contribution is 7.92. The molecule has 2 N–H and O–H groups in total. The molecule has 3 rings (SSSR count). The van der Waals surface area contributed by atoms with Crippen LogP contribution < -0.4 is 19.5 Å². The highest BCUT2D eigenvalue weighted by Crippen LogP contribution is 2.23. The van der Waals surface area contributed by atoms with Gasteiger partial charge in [0.1, 0.15) is 18.1 Å². The van der Waals surface area contributed by atoms with Crippen molar-refractivity contribution in [1.29, 1.82) is 0 Å². The minimum Gasteiger partial charge on any atom is -0.497 e. The Kier molecular flexibility index (Phi) is 7.37. The molecular formula is C24H26N2O5S. The summed E-state index contributed by atoms with van der Waals surface area (Å²) in [6.07, 6.45) is 0. The molecule has 1 amide bonds. The van der Waals surface area contributed by atoms with Crippen LogP contribution in [-0.4, -0.2) is 34.6 Å². The van der Waals surface area contributed by atoms with Gasteiger partial charge in [0, 0.05) is 11.6 Å². The van der Waals surface area contributed by atoms with Gasteiger partial charge in [0.15, 0.2) is 0 Å². The maximum atomic E-state index is 12.7. The lowest BCUT2D eigenvalue weighted by Gasteiger charge is -2.14. The molecular weight excluding hydrogens is 428 g/mol. The van der Waals surface area contributed by atoms with Gasteiger partial charge >= 0.3 is 0 Å². The van der Waals surface area contributed by atoms with Crippen molar-refractivity contribution in [2.24, 2.45) is 0 Å². The van der Waals surface area contributed by atoms with E-state index in [9.17, 15) is 13.2 Å². The molecule has 32 heavy (non-hydrogen) atoms. The van der Waals surface area contributed by atoms with Gasteiger partial charge in [-0.3, -0.25) is 9.52 Å². The number of rotatable bonds is 9.